The lowest BCUT2D eigenvalue weighted by atomic mass is 9.62. The Morgan fingerprint density at radius 2 is 1.02 bits per heavy atom. The Balaban J connectivity index is 0.000000237. The van der Waals surface area contributed by atoms with Crippen molar-refractivity contribution < 1.29 is 28.6 Å². The summed E-state index contributed by atoms with van der Waals surface area (Å²) in [6, 6.07) is 14.6. The zero-order valence-electron chi connectivity index (χ0n) is 30.5. The monoisotopic (exact) mass is 674 g/mol. The molecular formula is C41H51ClO6. The van der Waals surface area contributed by atoms with E-state index >= 15 is 0 Å². The fraction of sp³-hybridized carbons (Fsp3) is 0.488. The van der Waals surface area contributed by atoms with Crippen LogP contribution in [0.25, 0.3) is 0 Å². The Morgan fingerprint density at radius 3 is 1.44 bits per heavy atom. The van der Waals surface area contributed by atoms with Crippen molar-refractivity contribution in [3.8, 4) is 11.5 Å². The standard InChI is InChI=1S/C25H30O4.C16H21ClO2/c1-24(2)11-12-25(3,4)22-19(24)14-18(15-21(22)28-5)20(26)13-16-7-9-17(10-8-16)23(27)29-6;1-15(2)6-7-16(3,4)13-11(15)8-10(14(17)18)9-12(13)19-5/h7-10,14-15H,11-13H2,1-6H3;8-9H,6-7H2,1-5H3. The minimum Gasteiger partial charge on any atom is -0.496 e. The molecular weight excluding hydrogens is 624 g/mol. The highest BCUT2D eigenvalue weighted by Crippen LogP contribution is 2.51. The Bertz CT molecular complexity index is 1710. The summed E-state index contributed by atoms with van der Waals surface area (Å²) in [5.74, 6) is 1.23. The van der Waals surface area contributed by atoms with E-state index in [2.05, 4.69) is 61.5 Å². The SMILES string of the molecule is COC(=O)c1ccc(CC(=O)c2cc(OC)c3c(c2)C(C)(C)CCC3(C)C)cc1.COc1cc(C(=O)Cl)cc2c1C(C)(C)CCC2(C)C. The van der Waals surface area contributed by atoms with E-state index in [1.165, 1.54) is 29.4 Å². The van der Waals surface area contributed by atoms with Gasteiger partial charge in [0, 0.05) is 28.7 Å². The molecule has 3 aromatic rings. The molecule has 0 amide bonds. The van der Waals surface area contributed by atoms with Crippen molar-refractivity contribution in [1.82, 2.24) is 0 Å². The molecule has 6 nitrogen and oxygen atoms in total. The van der Waals surface area contributed by atoms with E-state index in [1.807, 2.05) is 12.1 Å². The maximum Gasteiger partial charge on any atom is 0.337 e. The molecule has 0 aliphatic heterocycles. The minimum atomic E-state index is -0.430. The predicted octanol–water partition coefficient (Wildman–Crippen LogP) is 9.68. The largest absolute Gasteiger partial charge is 0.496 e. The van der Waals surface area contributed by atoms with Gasteiger partial charge in [-0.2, -0.15) is 0 Å². The summed E-state index contributed by atoms with van der Waals surface area (Å²) in [5.41, 5.74) is 7.46. The van der Waals surface area contributed by atoms with Crippen LogP contribution in [0.5, 0.6) is 11.5 Å². The number of halogens is 1. The number of hydrogen-bond acceptors (Lipinski definition) is 6. The average Bonchev–Trinajstić information content (AvgIpc) is 3.04. The van der Waals surface area contributed by atoms with Gasteiger partial charge in [0.1, 0.15) is 11.5 Å². The summed E-state index contributed by atoms with van der Waals surface area (Å²) in [5, 5.41) is -0.430. The van der Waals surface area contributed by atoms with Gasteiger partial charge in [-0.3, -0.25) is 9.59 Å². The summed E-state index contributed by atoms with van der Waals surface area (Å²) in [7, 11) is 4.68. The van der Waals surface area contributed by atoms with Crippen molar-refractivity contribution in [2.75, 3.05) is 21.3 Å². The van der Waals surface area contributed by atoms with Crippen LogP contribution in [-0.2, 0) is 32.8 Å². The molecule has 0 saturated carbocycles. The number of ether oxygens (including phenoxy) is 3. The number of Topliss-reactive ketones (excluding diaryl/α,β-unsaturated/α-hetero) is 1. The van der Waals surface area contributed by atoms with Crippen LogP contribution in [0.3, 0.4) is 0 Å². The molecule has 0 atom stereocenters. The van der Waals surface area contributed by atoms with Gasteiger partial charge in [-0.15, -0.1) is 0 Å². The number of esters is 1. The second-order valence-electron chi connectivity index (χ2n) is 15.8. The summed E-state index contributed by atoms with van der Waals surface area (Å²) in [4.78, 5) is 36.1. The van der Waals surface area contributed by atoms with Gasteiger partial charge in [0.05, 0.1) is 26.9 Å². The molecule has 3 aromatic carbocycles. The van der Waals surface area contributed by atoms with Crippen molar-refractivity contribution in [1.29, 1.82) is 0 Å². The second-order valence-corrected chi connectivity index (χ2v) is 16.1. The second kappa shape index (κ2) is 13.7. The van der Waals surface area contributed by atoms with E-state index in [4.69, 9.17) is 25.8 Å². The number of benzene rings is 3. The van der Waals surface area contributed by atoms with Gasteiger partial charge in [0.25, 0.3) is 5.24 Å². The van der Waals surface area contributed by atoms with Gasteiger partial charge in [0.15, 0.2) is 5.78 Å². The van der Waals surface area contributed by atoms with Crippen LogP contribution < -0.4 is 9.47 Å². The molecule has 2 aliphatic carbocycles. The lowest BCUT2D eigenvalue weighted by molar-refractivity contribution is 0.0600. The first kappa shape index (κ1) is 37.2. The Morgan fingerprint density at radius 1 is 0.604 bits per heavy atom. The van der Waals surface area contributed by atoms with Crippen LogP contribution in [0, 0.1) is 0 Å². The first-order valence-electron chi connectivity index (χ1n) is 16.6. The lowest BCUT2D eigenvalue weighted by Crippen LogP contribution is -2.34. The highest BCUT2D eigenvalue weighted by Gasteiger charge is 2.41. The van der Waals surface area contributed by atoms with Crippen molar-refractivity contribution in [3.63, 3.8) is 0 Å². The third-order valence-electron chi connectivity index (χ3n) is 10.5. The first-order valence-corrected chi connectivity index (χ1v) is 17.0. The predicted molar refractivity (Wildman–Crippen MR) is 193 cm³/mol. The Labute approximate surface area is 291 Å². The summed E-state index contributed by atoms with van der Waals surface area (Å²) < 4.78 is 16.0. The topological polar surface area (TPSA) is 78.9 Å². The third kappa shape index (κ3) is 7.49. The third-order valence-corrected chi connectivity index (χ3v) is 10.7. The van der Waals surface area contributed by atoms with E-state index in [0.29, 0.717) is 16.7 Å². The number of rotatable bonds is 7. The molecule has 2 aliphatic rings. The fourth-order valence-electron chi connectivity index (χ4n) is 7.22. The van der Waals surface area contributed by atoms with Gasteiger partial charge >= 0.3 is 5.97 Å². The molecule has 0 bridgehead atoms. The van der Waals surface area contributed by atoms with E-state index in [9.17, 15) is 14.4 Å². The molecule has 7 heteroatoms. The van der Waals surface area contributed by atoms with E-state index < -0.39 is 5.24 Å². The number of carbonyl (C=O) groups excluding carboxylic acids is 3. The molecule has 0 radical (unpaired) electrons. The highest BCUT2D eigenvalue weighted by atomic mass is 35.5. The van der Waals surface area contributed by atoms with Crippen molar-refractivity contribution in [2.24, 2.45) is 0 Å². The number of hydrogen-bond donors (Lipinski definition) is 0. The molecule has 258 valence electrons. The smallest absolute Gasteiger partial charge is 0.337 e. The van der Waals surface area contributed by atoms with Crippen LogP contribution in [0.15, 0.2) is 48.5 Å². The molecule has 0 spiro atoms. The first-order chi connectivity index (χ1) is 22.3. The quantitative estimate of drug-likeness (QED) is 0.141. The van der Waals surface area contributed by atoms with E-state index in [1.54, 1.807) is 44.6 Å². The molecule has 0 unspecified atom stereocenters. The van der Waals surface area contributed by atoms with Crippen molar-refractivity contribution in [3.05, 3.63) is 93.0 Å². The lowest BCUT2D eigenvalue weighted by Gasteiger charge is -2.42. The highest BCUT2D eigenvalue weighted by molar-refractivity contribution is 6.67. The zero-order valence-corrected chi connectivity index (χ0v) is 31.2. The summed E-state index contributed by atoms with van der Waals surface area (Å²) in [6.07, 6.45) is 4.63. The number of methoxy groups -OCH3 is 3. The molecule has 0 aromatic heterocycles. The maximum atomic E-state index is 13.1. The van der Waals surface area contributed by atoms with E-state index in [0.717, 1.165) is 42.7 Å². The summed E-state index contributed by atoms with van der Waals surface area (Å²) in [6.45, 7) is 17.8. The van der Waals surface area contributed by atoms with Crippen LogP contribution in [-0.4, -0.2) is 38.3 Å². The summed E-state index contributed by atoms with van der Waals surface area (Å²) >= 11 is 5.64. The Kier molecular flexibility index (Phi) is 10.6. The molecule has 0 saturated heterocycles. The van der Waals surface area contributed by atoms with Gasteiger partial charge in [-0.25, -0.2) is 4.79 Å². The van der Waals surface area contributed by atoms with Gasteiger partial charge in [-0.05, 0) is 112 Å². The van der Waals surface area contributed by atoms with Crippen molar-refractivity contribution in [2.45, 2.75) is 109 Å². The minimum absolute atomic E-state index is 0.00339. The number of ketones is 1. The fourth-order valence-corrected chi connectivity index (χ4v) is 7.33. The van der Waals surface area contributed by atoms with Crippen LogP contribution in [0.2, 0.25) is 0 Å². The molecule has 48 heavy (non-hydrogen) atoms. The van der Waals surface area contributed by atoms with Crippen molar-refractivity contribution >= 4 is 28.6 Å². The van der Waals surface area contributed by atoms with Crippen LogP contribution >= 0.6 is 11.6 Å². The van der Waals surface area contributed by atoms with Gasteiger partial charge < -0.3 is 14.2 Å². The molecule has 0 N–H and O–H groups in total. The van der Waals surface area contributed by atoms with Gasteiger partial charge in [0.2, 0.25) is 0 Å². The Hall–Kier alpha value is -3.64. The van der Waals surface area contributed by atoms with Crippen LogP contribution in [0.4, 0.5) is 0 Å². The van der Waals surface area contributed by atoms with Gasteiger partial charge in [-0.1, -0.05) is 67.5 Å². The normalized spacial score (nSPS) is 17.8. The molecule has 0 heterocycles. The molecule has 5 rings (SSSR count). The number of fused-ring (bicyclic) bond motifs is 2. The van der Waals surface area contributed by atoms with E-state index in [-0.39, 0.29) is 39.8 Å². The van der Waals surface area contributed by atoms with Crippen LogP contribution in [0.1, 0.15) is 140 Å². The maximum absolute atomic E-state index is 13.1. The average molecular weight is 675 g/mol. The zero-order chi connectivity index (χ0) is 35.8. The molecule has 0 fully saturated rings. The number of carbonyl (C=O) groups is 3.